The standard InChI is InChI=1S/C11H15N3O3/c1-7(10(12)14-17)6-13-11(16)8-3-2-4-9(15)5-8/h2-5,7,15,17H,6H2,1H3,(H2,12,14)(H,13,16). The summed E-state index contributed by atoms with van der Waals surface area (Å²) in [6.45, 7) is 1.97. The minimum Gasteiger partial charge on any atom is -0.508 e. The van der Waals surface area contributed by atoms with Crippen LogP contribution in [0.4, 0.5) is 0 Å². The Morgan fingerprint density at radius 1 is 1.59 bits per heavy atom. The maximum absolute atomic E-state index is 11.6. The number of hydrogen-bond donors (Lipinski definition) is 4. The van der Waals surface area contributed by atoms with E-state index in [0.717, 1.165) is 0 Å². The Morgan fingerprint density at radius 3 is 2.88 bits per heavy atom. The van der Waals surface area contributed by atoms with Crippen LogP contribution in [-0.2, 0) is 0 Å². The van der Waals surface area contributed by atoms with Crippen LogP contribution in [0.5, 0.6) is 5.75 Å². The molecule has 17 heavy (non-hydrogen) atoms. The number of nitrogens with zero attached hydrogens (tertiary/aromatic N) is 1. The lowest BCUT2D eigenvalue weighted by Crippen LogP contribution is -2.34. The molecule has 1 aromatic rings. The first-order valence-corrected chi connectivity index (χ1v) is 5.09. The van der Waals surface area contributed by atoms with Crippen LogP contribution in [0.3, 0.4) is 0 Å². The monoisotopic (exact) mass is 237 g/mol. The quantitative estimate of drug-likeness (QED) is 0.265. The van der Waals surface area contributed by atoms with Crippen molar-refractivity contribution in [2.45, 2.75) is 6.92 Å². The molecule has 5 N–H and O–H groups in total. The van der Waals surface area contributed by atoms with Crippen molar-refractivity contribution in [2.75, 3.05) is 6.54 Å². The van der Waals surface area contributed by atoms with Gasteiger partial charge in [0.15, 0.2) is 0 Å². The van der Waals surface area contributed by atoms with Crippen molar-refractivity contribution in [3.8, 4) is 5.75 Å². The van der Waals surface area contributed by atoms with Crippen LogP contribution in [0.1, 0.15) is 17.3 Å². The van der Waals surface area contributed by atoms with Gasteiger partial charge in [-0.05, 0) is 18.2 Å². The normalized spacial score (nSPS) is 13.1. The number of amidine groups is 1. The second-order valence-corrected chi connectivity index (χ2v) is 3.69. The predicted octanol–water partition coefficient (Wildman–Crippen LogP) is 0.504. The average molecular weight is 237 g/mol. The first-order valence-electron chi connectivity index (χ1n) is 5.09. The van der Waals surface area contributed by atoms with Crippen molar-refractivity contribution in [2.24, 2.45) is 16.8 Å². The molecule has 0 saturated heterocycles. The van der Waals surface area contributed by atoms with Crippen LogP contribution in [-0.4, -0.2) is 28.6 Å². The van der Waals surface area contributed by atoms with Gasteiger partial charge in [0.2, 0.25) is 0 Å². The Morgan fingerprint density at radius 2 is 2.29 bits per heavy atom. The van der Waals surface area contributed by atoms with Gasteiger partial charge in [0.05, 0.1) is 0 Å². The summed E-state index contributed by atoms with van der Waals surface area (Å²) in [5.74, 6) is -0.497. The number of hydrogen-bond acceptors (Lipinski definition) is 4. The van der Waals surface area contributed by atoms with Crippen molar-refractivity contribution >= 4 is 11.7 Å². The van der Waals surface area contributed by atoms with Crippen molar-refractivity contribution in [1.82, 2.24) is 5.32 Å². The number of nitrogens with two attached hydrogens (primary N) is 1. The molecular weight excluding hydrogens is 222 g/mol. The van der Waals surface area contributed by atoms with Crippen LogP contribution >= 0.6 is 0 Å². The summed E-state index contributed by atoms with van der Waals surface area (Å²) in [6, 6.07) is 6.01. The first kappa shape index (κ1) is 12.8. The third-order valence-corrected chi connectivity index (χ3v) is 2.30. The minimum atomic E-state index is -0.321. The molecule has 0 aliphatic heterocycles. The van der Waals surface area contributed by atoms with Gasteiger partial charge in [-0.25, -0.2) is 0 Å². The molecule has 0 aliphatic rings. The van der Waals surface area contributed by atoms with E-state index in [1.807, 2.05) is 0 Å². The van der Waals surface area contributed by atoms with Gasteiger partial charge in [0.1, 0.15) is 11.6 Å². The molecule has 1 aromatic carbocycles. The molecular formula is C11H15N3O3. The summed E-state index contributed by atoms with van der Waals surface area (Å²) in [7, 11) is 0. The molecule has 1 amide bonds. The molecule has 0 aliphatic carbocycles. The Hall–Kier alpha value is -2.24. The molecule has 0 bridgehead atoms. The van der Waals surface area contributed by atoms with Gasteiger partial charge in [-0.1, -0.05) is 18.1 Å². The summed E-state index contributed by atoms with van der Waals surface area (Å²) in [5.41, 5.74) is 5.73. The Labute approximate surface area is 98.7 Å². The number of rotatable bonds is 4. The van der Waals surface area contributed by atoms with E-state index in [2.05, 4.69) is 10.5 Å². The number of phenolic OH excluding ortho intramolecular Hbond substituents is 1. The number of carbonyl (C=O) groups excluding carboxylic acids is 1. The molecule has 92 valence electrons. The summed E-state index contributed by atoms with van der Waals surface area (Å²) < 4.78 is 0. The number of benzene rings is 1. The van der Waals surface area contributed by atoms with E-state index in [9.17, 15) is 9.90 Å². The van der Waals surface area contributed by atoms with Crippen molar-refractivity contribution in [1.29, 1.82) is 0 Å². The number of carbonyl (C=O) groups is 1. The van der Waals surface area contributed by atoms with Crippen LogP contribution in [0.2, 0.25) is 0 Å². The number of oxime groups is 1. The second-order valence-electron chi connectivity index (χ2n) is 3.69. The van der Waals surface area contributed by atoms with Crippen LogP contribution in [0.25, 0.3) is 0 Å². The van der Waals surface area contributed by atoms with E-state index in [4.69, 9.17) is 10.9 Å². The Kier molecular flexibility index (Phi) is 4.33. The minimum absolute atomic E-state index is 0.0298. The summed E-state index contributed by atoms with van der Waals surface area (Å²) in [5, 5.41) is 23.1. The van der Waals surface area contributed by atoms with Crippen molar-refractivity contribution in [3.05, 3.63) is 29.8 Å². The molecule has 0 radical (unpaired) electrons. The number of amides is 1. The first-order chi connectivity index (χ1) is 8.04. The molecule has 0 heterocycles. The highest BCUT2D eigenvalue weighted by atomic mass is 16.4. The molecule has 6 heteroatoms. The molecule has 1 atom stereocenters. The summed E-state index contributed by atoms with van der Waals surface area (Å²) in [6.07, 6.45) is 0. The predicted molar refractivity (Wildman–Crippen MR) is 63.0 cm³/mol. The van der Waals surface area contributed by atoms with Gasteiger partial charge < -0.3 is 21.4 Å². The number of aromatic hydroxyl groups is 1. The van der Waals surface area contributed by atoms with E-state index in [0.29, 0.717) is 5.56 Å². The zero-order valence-electron chi connectivity index (χ0n) is 9.42. The zero-order valence-corrected chi connectivity index (χ0v) is 9.42. The van der Waals surface area contributed by atoms with Crippen molar-refractivity contribution in [3.63, 3.8) is 0 Å². The van der Waals surface area contributed by atoms with Gasteiger partial charge in [-0.3, -0.25) is 4.79 Å². The smallest absolute Gasteiger partial charge is 0.251 e. The topological polar surface area (TPSA) is 108 Å². The fourth-order valence-corrected chi connectivity index (χ4v) is 1.20. The maximum Gasteiger partial charge on any atom is 0.251 e. The van der Waals surface area contributed by atoms with E-state index in [1.165, 1.54) is 12.1 Å². The van der Waals surface area contributed by atoms with E-state index < -0.39 is 0 Å². The largest absolute Gasteiger partial charge is 0.508 e. The Balaban J connectivity index is 2.56. The highest BCUT2D eigenvalue weighted by Crippen LogP contribution is 2.10. The molecule has 1 rings (SSSR count). The van der Waals surface area contributed by atoms with E-state index in [1.54, 1.807) is 19.1 Å². The highest BCUT2D eigenvalue weighted by molar-refractivity contribution is 5.95. The Bertz CT molecular complexity index is 432. The molecule has 0 saturated carbocycles. The van der Waals surface area contributed by atoms with Gasteiger partial charge >= 0.3 is 0 Å². The number of phenols is 1. The van der Waals surface area contributed by atoms with E-state index in [-0.39, 0.29) is 30.0 Å². The molecule has 0 aromatic heterocycles. The van der Waals surface area contributed by atoms with E-state index >= 15 is 0 Å². The average Bonchev–Trinajstić information content (AvgIpc) is 2.34. The molecule has 0 spiro atoms. The lowest BCUT2D eigenvalue weighted by Gasteiger charge is -2.11. The van der Waals surface area contributed by atoms with Crippen LogP contribution in [0, 0.1) is 5.92 Å². The SMILES string of the molecule is CC(CNC(=O)c1cccc(O)c1)C(N)=NO. The fraction of sp³-hybridized carbons (Fsp3) is 0.273. The number of nitrogens with one attached hydrogen (secondary N) is 1. The zero-order chi connectivity index (χ0) is 12.8. The third-order valence-electron chi connectivity index (χ3n) is 2.30. The summed E-state index contributed by atoms with van der Waals surface area (Å²) >= 11 is 0. The lowest BCUT2D eigenvalue weighted by atomic mass is 10.1. The van der Waals surface area contributed by atoms with Crippen LogP contribution in [0.15, 0.2) is 29.4 Å². The van der Waals surface area contributed by atoms with Crippen LogP contribution < -0.4 is 11.1 Å². The fourth-order valence-electron chi connectivity index (χ4n) is 1.20. The van der Waals surface area contributed by atoms with Gasteiger partial charge in [0, 0.05) is 18.0 Å². The molecule has 0 fully saturated rings. The second kappa shape index (κ2) is 5.74. The van der Waals surface area contributed by atoms with Gasteiger partial charge in [-0.15, -0.1) is 0 Å². The van der Waals surface area contributed by atoms with Gasteiger partial charge in [-0.2, -0.15) is 0 Å². The van der Waals surface area contributed by atoms with Gasteiger partial charge in [0.25, 0.3) is 5.91 Å². The third kappa shape index (κ3) is 3.67. The maximum atomic E-state index is 11.6. The molecule has 6 nitrogen and oxygen atoms in total. The lowest BCUT2D eigenvalue weighted by molar-refractivity contribution is 0.0950. The molecule has 1 unspecified atom stereocenters. The van der Waals surface area contributed by atoms with Crippen molar-refractivity contribution < 1.29 is 15.1 Å². The summed E-state index contributed by atoms with van der Waals surface area (Å²) in [4.78, 5) is 11.6. The highest BCUT2D eigenvalue weighted by Gasteiger charge is 2.11.